The standard InChI is InChI=1S/C14H27NO2/c1-6-7-8-11(15)12(16)10-9-13(2,3)17-14(10,4)5/h10-11H,6-9,15H2,1-5H3. The van der Waals surface area contributed by atoms with E-state index in [4.69, 9.17) is 10.5 Å². The molecule has 0 aromatic rings. The van der Waals surface area contributed by atoms with E-state index in [1.165, 1.54) is 0 Å². The Morgan fingerprint density at radius 2 is 2.00 bits per heavy atom. The van der Waals surface area contributed by atoms with E-state index in [2.05, 4.69) is 6.92 Å². The molecule has 100 valence electrons. The summed E-state index contributed by atoms with van der Waals surface area (Å²) in [6, 6.07) is -0.322. The van der Waals surface area contributed by atoms with Crippen LogP contribution in [0.2, 0.25) is 0 Å². The van der Waals surface area contributed by atoms with E-state index >= 15 is 0 Å². The summed E-state index contributed by atoms with van der Waals surface area (Å²) in [6.07, 6.45) is 3.67. The van der Waals surface area contributed by atoms with Crippen molar-refractivity contribution in [3.05, 3.63) is 0 Å². The Morgan fingerprint density at radius 3 is 2.41 bits per heavy atom. The van der Waals surface area contributed by atoms with Crippen molar-refractivity contribution in [2.24, 2.45) is 11.7 Å². The summed E-state index contributed by atoms with van der Waals surface area (Å²) in [4.78, 5) is 12.3. The van der Waals surface area contributed by atoms with Gasteiger partial charge < -0.3 is 10.5 Å². The van der Waals surface area contributed by atoms with E-state index in [1.54, 1.807) is 0 Å². The van der Waals surface area contributed by atoms with Crippen LogP contribution < -0.4 is 5.73 Å². The molecule has 0 aromatic carbocycles. The molecule has 0 aliphatic carbocycles. The van der Waals surface area contributed by atoms with Crippen LogP contribution in [0.15, 0.2) is 0 Å². The lowest BCUT2D eigenvalue weighted by Crippen LogP contribution is -2.42. The molecule has 3 heteroatoms. The van der Waals surface area contributed by atoms with Crippen LogP contribution in [-0.2, 0) is 9.53 Å². The first kappa shape index (κ1) is 14.7. The molecule has 2 unspecified atom stereocenters. The summed E-state index contributed by atoms with van der Waals surface area (Å²) in [5.41, 5.74) is 5.39. The maximum absolute atomic E-state index is 12.3. The van der Waals surface area contributed by atoms with Gasteiger partial charge >= 0.3 is 0 Å². The van der Waals surface area contributed by atoms with Crippen molar-refractivity contribution in [1.29, 1.82) is 0 Å². The van der Waals surface area contributed by atoms with Crippen molar-refractivity contribution >= 4 is 5.78 Å². The van der Waals surface area contributed by atoms with Crippen LogP contribution in [0.5, 0.6) is 0 Å². The molecule has 1 aliphatic heterocycles. The lowest BCUT2D eigenvalue weighted by molar-refractivity contribution is -0.130. The highest BCUT2D eigenvalue weighted by atomic mass is 16.5. The molecule has 0 spiro atoms. The molecule has 1 fully saturated rings. The zero-order valence-electron chi connectivity index (χ0n) is 11.9. The number of nitrogens with two attached hydrogens (primary N) is 1. The van der Waals surface area contributed by atoms with Gasteiger partial charge in [0.15, 0.2) is 5.78 Å². The fourth-order valence-corrected chi connectivity index (χ4v) is 2.83. The second-order valence-electron chi connectivity index (χ2n) is 6.37. The van der Waals surface area contributed by atoms with Crippen molar-refractivity contribution in [3.8, 4) is 0 Å². The zero-order chi connectivity index (χ0) is 13.3. The quantitative estimate of drug-likeness (QED) is 0.805. The van der Waals surface area contributed by atoms with Gasteiger partial charge in [0.2, 0.25) is 0 Å². The number of ether oxygens (including phenoxy) is 1. The van der Waals surface area contributed by atoms with E-state index in [1.807, 2.05) is 27.7 Å². The van der Waals surface area contributed by atoms with Gasteiger partial charge in [-0.1, -0.05) is 19.8 Å². The molecule has 0 bridgehead atoms. The van der Waals surface area contributed by atoms with Gasteiger partial charge in [-0.05, 0) is 40.5 Å². The van der Waals surface area contributed by atoms with E-state index in [0.717, 1.165) is 25.7 Å². The second-order valence-corrected chi connectivity index (χ2v) is 6.37. The third-order valence-corrected chi connectivity index (χ3v) is 3.65. The van der Waals surface area contributed by atoms with Crippen molar-refractivity contribution < 1.29 is 9.53 Å². The highest BCUT2D eigenvalue weighted by Crippen LogP contribution is 2.42. The molecule has 0 amide bonds. The maximum atomic E-state index is 12.3. The highest BCUT2D eigenvalue weighted by Gasteiger charge is 2.49. The molecule has 0 aromatic heterocycles. The van der Waals surface area contributed by atoms with Gasteiger partial charge in [0, 0.05) is 0 Å². The third-order valence-electron chi connectivity index (χ3n) is 3.65. The number of carbonyl (C=O) groups excluding carboxylic acids is 1. The number of ketones is 1. The van der Waals surface area contributed by atoms with Crippen molar-refractivity contribution in [3.63, 3.8) is 0 Å². The normalized spacial score (nSPS) is 28.0. The van der Waals surface area contributed by atoms with Crippen molar-refractivity contribution in [2.75, 3.05) is 0 Å². The number of hydrogen-bond acceptors (Lipinski definition) is 3. The van der Waals surface area contributed by atoms with Crippen LogP contribution in [-0.4, -0.2) is 23.0 Å². The zero-order valence-corrected chi connectivity index (χ0v) is 11.9. The molecule has 0 radical (unpaired) electrons. The highest BCUT2D eigenvalue weighted by molar-refractivity contribution is 5.87. The lowest BCUT2D eigenvalue weighted by atomic mass is 9.81. The molecular formula is C14H27NO2. The smallest absolute Gasteiger partial charge is 0.155 e. The number of Topliss-reactive ketones (excluding diaryl/α,β-unsaturated/α-hetero) is 1. The van der Waals surface area contributed by atoms with Gasteiger partial charge in [0.25, 0.3) is 0 Å². The number of unbranched alkanes of at least 4 members (excludes halogenated alkanes) is 1. The number of carbonyl (C=O) groups is 1. The fourth-order valence-electron chi connectivity index (χ4n) is 2.83. The second kappa shape index (κ2) is 5.07. The summed E-state index contributed by atoms with van der Waals surface area (Å²) in [5, 5.41) is 0. The first-order valence-electron chi connectivity index (χ1n) is 6.69. The molecule has 2 N–H and O–H groups in total. The molecule has 1 rings (SSSR count). The predicted molar refractivity (Wildman–Crippen MR) is 69.9 cm³/mol. The molecule has 0 saturated carbocycles. The monoisotopic (exact) mass is 241 g/mol. The molecule has 3 nitrogen and oxygen atoms in total. The van der Waals surface area contributed by atoms with Gasteiger partial charge in [-0.3, -0.25) is 4.79 Å². The van der Waals surface area contributed by atoms with Gasteiger partial charge in [-0.25, -0.2) is 0 Å². The summed E-state index contributed by atoms with van der Waals surface area (Å²) in [6.45, 7) is 10.2. The minimum absolute atomic E-state index is 0.0654. The summed E-state index contributed by atoms with van der Waals surface area (Å²) in [5.74, 6) is 0.110. The van der Waals surface area contributed by atoms with E-state index < -0.39 is 0 Å². The van der Waals surface area contributed by atoms with Crippen molar-refractivity contribution in [2.45, 2.75) is 77.5 Å². The first-order valence-corrected chi connectivity index (χ1v) is 6.69. The fraction of sp³-hybridized carbons (Fsp3) is 0.929. The SMILES string of the molecule is CCCCC(N)C(=O)C1CC(C)(C)OC1(C)C. The predicted octanol–water partition coefficient (Wildman–Crippen LogP) is 2.67. The van der Waals surface area contributed by atoms with E-state index in [9.17, 15) is 4.79 Å². The average molecular weight is 241 g/mol. The molecular weight excluding hydrogens is 214 g/mol. The summed E-state index contributed by atoms with van der Waals surface area (Å²) in [7, 11) is 0. The average Bonchev–Trinajstić information content (AvgIpc) is 2.42. The van der Waals surface area contributed by atoms with Crippen molar-refractivity contribution in [1.82, 2.24) is 0 Å². The summed E-state index contributed by atoms with van der Waals surface area (Å²) >= 11 is 0. The van der Waals surface area contributed by atoms with Crippen LogP contribution in [0, 0.1) is 5.92 Å². The number of rotatable bonds is 5. The van der Waals surface area contributed by atoms with Crippen LogP contribution in [0.1, 0.15) is 60.3 Å². The molecule has 1 heterocycles. The van der Waals surface area contributed by atoms with E-state index in [0.29, 0.717) is 0 Å². The number of hydrogen-bond donors (Lipinski definition) is 1. The first-order chi connectivity index (χ1) is 7.69. The van der Waals surface area contributed by atoms with Crippen LogP contribution in [0.4, 0.5) is 0 Å². The Labute approximate surface area is 105 Å². The third kappa shape index (κ3) is 3.52. The topological polar surface area (TPSA) is 52.3 Å². The van der Waals surface area contributed by atoms with Crippen LogP contribution in [0.3, 0.4) is 0 Å². The molecule has 17 heavy (non-hydrogen) atoms. The Kier molecular flexibility index (Phi) is 4.37. The molecule has 1 saturated heterocycles. The van der Waals surface area contributed by atoms with Gasteiger partial charge in [0.1, 0.15) is 0 Å². The molecule has 1 aliphatic rings. The minimum Gasteiger partial charge on any atom is -0.369 e. The molecule has 2 atom stereocenters. The van der Waals surface area contributed by atoms with Gasteiger partial charge in [-0.15, -0.1) is 0 Å². The van der Waals surface area contributed by atoms with E-state index in [-0.39, 0.29) is 28.9 Å². The summed E-state index contributed by atoms with van der Waals surface area (Å²) < 4.78 is 5.95. The Bertz CT molecular complexity index is 284. The Hall–Kier alpha value is -0.410. The van der Waals surface area contributed by atoms with Crippen LogP contribution in [0.25, 0.3) is 0 Å². The van der Waals surface area contributed by atoms with Crippen LogP contribution >= 0.6 is 0 Å². The Balaban J connectivity index is 2.69. The lowest BCUT2D eigenvalue weighted by Gasteiger charge is -2.27. The minimum atomic E-state index is -0.385. The maximum Gasteiger partial charge on any atom is 0.155 e. The van der Waals surface area contributed by atoms with Gasteiger partial charge in [-0.2, -0.15) is 0 Å². The van der Waals surface area contributed by atoms with Gasteiger partial charge in [0.05, 0.1) is 23.2 Å². The largest absolute Gasteiger partial charge is 0.369 e. The Morgan fingerprint density at radius 1 is 1.41 bits per heavy atom.